The lowest BCUT2D eigenvalue weighted by atomic mass is 10.1. The van der Waals surface area contributed by atoms with Crippen molar-refractivity contribution in [3.63, 3.8) is 0 Å². The van der Waals surface area contributed by atoms with E-state index in [0.29, 0.717) is 0 Å². The highest BCUT2D eigenvalue weighted by molar-refractivity contribution is 9.11. The third-order valence-corrected chi connectivity index (χ3v) is 5.07. The second-order valence-corrected chi connectivity index (χ2v) is 6.99. The molecule has 0 unspecified atom stereocenters. The summed E-state index contributed by atoms with van der Waals surface area (Å²) >= 11 is 8.56. The molecule has 0 spiro atoms. The fourth-order valence-corrected chi connectivity index (χ4v) is 4.02. The molecule has 0 radical (unpaired) electrons. The Balaban J connectivity index is 2.07. The van der Waals surface area contributed by atoms with E-state index in [1.54, 1.807) is 11.3 Å². The Bertz CT molecular complexity index is 760. The van der Waals surface area contributed by atoms with Crippen molar-refractivity contribution in [3.8, 4) is 11.3 Å². The van der Waals surface area contributed by atoms with Crippen LogP contribution < -0.4 is 0 Å². The quantitative estimate of drug-likeness (QED) is 0.470. The topological polar surface area (TPSA) is 30.2 Å². The Morgan fingerprint density at radius 3 is 3.06 bits per heavy atom. The summed E-state index contributed by atoms with van der Waals surface area (Å²) < 4.78 is 3.96. The monoisotopic (exact) mass is 369 g/mol. The van der Waals surface area contributed by atoms with Gasteiger partial charge in [0.25, 0.3) is 0 Å². The summed E-state index contributed by atoms with van der Waals surface area (Å²) in [5.41, 5.74) is 4.79. The molecule has 6 heteroatoms. The molecule has 3 nitrogen and oxygen atoms in total. The molecule has 0 fully saturated rings. The van der Waals surface area contributed by atoms with Crippen LogP contribution in [0.4, 0.5) is 0 Å². The van der Waals surface area contributed by atoms with Gasteiger partial charge in [-0.2, -0.15) is 0 Å². The Labute approximate surface area is 118 Å². The summed E-state index contributed by atoms with van der Waals surface area (Å²) in [7, 11) is 0. The molecule has 0 N–H and O–H groups in total. The normalized spacial score (nSPS) is 13.1. The van der Waals surface area contributed by atoms with E-state index in [-0.39, 0.29) is 0 Å². The molecule has 17 heavy (non-hydrogen) atoms. The fraction of sp³-hybridized carbons (Fsp3) is 0.0909. The molecule has 1 aliphatic carbocycles. The van der Waals surface area contributed by atoms with E-state index < -0.39 is 0 Å². The second kappa shape index (κ2) is 3.40. The number of halogens is 2. The van der Waals surface area contributed by atoms with E-state index in [9.17, 15) is 0 Å². The van der Waals surface area contributed by atoms with E-state index in [0.717, 1.165) is 25.5 Å². The van der Waals surface area contributed by atoms with Crippen molar-refractivity contribution in [1.82, 2.24) is 14.6 Å². The van der Waals surface area contributed by atoms with Crippen LogP contribution in [0.2, 0.25) is 0 Å². The molecule has 3 aromatic rings. The highest BCUT2D eigenvalue weighted by Gasteiger charge is 2.27. The Morgan fingerprint density at radius 1 is 1.29 bits per heavy atom. The van der Waals surface area contributed by atoms with Gasteiger partial charge in [0.2, 0.25) is 4.96 Å². The summed E-state index contributed by atoms with van der Waals surface area (Å²) in [6.07, 6.45) is 0.892. The predicted octanol–water partition coefficient (Wildman–Crippen LogP) is 3.89. The zero-order valence-corrected chi connectivity index (χ0v) is 12.4. The van der Waals surface area contributed by atoms with E-state index in [1.807, 2.05) is 4.52 Å². The third-order valence-electron chi connectivity index (χ3n) is 2.99. The average molecular weight is 371 g/mol. The van der Waals surface area contributed by atoms with Crippen LogP contribution >= 0.6 is 43.2 Å². The number of benzene rings is 1. The molecule has 1 aliphatic rings. The minimum Gasteiger partial charge on any atom is -0.217 e. The molecular formula is C11H5Br2N3S. The molecule has 0 saturated heterocycles. The van der Waals surface area contributed by atoms with Crippen LogP contribution in [0.1, 0.15) is 11.3 Å². The third kappa shape index (κ3) is 1.31. The first-order valence-electron chi connectivity index (χ1n) is 5.06. The predicted molar refractivity (Wildman–Crippen MR) is 74.5 cm³/mol. The van der Waals surface area contributed by atoms with Crippen molar-refractivity contribution in [3.05, 3.63) is 37.8 Å². The highest BCUT2D eigenvalue weighted by atomic mass is 79.9. The lowest BCUT2D eigenvalue weighted by Crippen LogP contribution is -1.91. The standard InChI is InChI=1S/C11H5Br2N3S/c12-7-3-1-2-5-6(7)4-8-9(5)14-11-16(8)15-10(13)17-11/h1-3H,4H2. The fourth-order valence-electron chi connectivity index (χ4n) is 2.27. The van der Waals surface area contributed by atoms with Gasteiger partial charge >= 0.3 is 0 Å². The van der Waals surface area contributed by atoms with Gasteiger partial charge < -0.3 is 0 Å². The summed E-state index contributed by atoms with van der Waals surface area (Å²) in [6.45, 7) is 0. The van der Waals surface area contributed by atoms with Gasteiger partial charge in [0, 0.05) is 16.5 Å². The molecule has 2 heterocycles. The van der Waals surface area contributed by atoms with Crippen LogP contribution in [0.15, 0.2) is 26.6 Å². The van der Waals surface area contributed by atoms with E-state index in [1.165, 1.54) is 16.8 Å². The largest absolute Gasteiger partial charge is 0.217 e. The van der Waals surface area contributed by atoms with Crippen molar-refractivity contribution < 1.29 is 0 Å². The summed E-state index contributed by atoms with van der Waals surface area (Å²) in [5, 5.41) is 4.43. The average Bonchev–Trinajstić information content (AvgIpc) is 2.89. The van der Waals surface area contributed by atoms with Crippen LogP contribution in [0, 0.1) is 0 Å². The van der Waals surface area contributed by atoms with Crippen LogP contribution in [0.5, 0.6) is 0 Å². The van der Waals surface area contributed by atoms with Gasteiger partial charge in [0.1, 0.15) is 0 Å². The van der Waals surface area contributed by atoms with Crippen LogP contribution in [0.25, 0.3) is 16.2 Å². The second-order valence-electron chi connectivity index (χ2n) is 3.90. The first kappa shape index (κ1) is 10.2. The number of hydrogen-bond acceptors (Lipinski definition) is 3. The minimum atomic E-state index is 0.873. The lowest BCUT2D eigenvalue weighted by molar-refractivity contribution is 0.896. The van der Waals surface area contributed by atoms with E-state index in [4.69, 9.17) is 0 Å². The van der Waals surface area contributed by atoms with Gasteiger partial charge in [-0.25, -0.2) is 9.50 Å². The minimum absolute atomic E-state index is 0.873. The number of nitrogens with zero attached hydrogens (tertiary/aromatic N) is 3. The van der Waals surface area contributed by atoms with Gasteiger partial charge in [-0.1, -0.05) is 39.4 Å². The smallest absolute Gasteiger partial charge is 0.213 e. The summed E-state index contributed by atoms with van der Waals surface area (Å²) in [4.78, 5) is 5.62. The molecule has 84 valence electrons. The maximum absolute atomic E-state index is 4.66. The zero-order chi connectivity index (χ0) is 11.6. The lowest BCUT2D eigenvalue weighted by Gasteiger charge is -2.00. The summed E-state index contributed by atoms with van der Waals surface area (Å²) in [5.74, 6) is 0. The van der Waals surface area contributed by atoms with Gasteiger partial charge in [-0.15, -0.1) is 5.10 Å². The van der Waals surface area contributed by atoms with Gasteiger partial charge in [-0.05, 0) is 27.6 Å². The molecule has 0 aliphatic heterocycles. The molecular weight excluding hydrogens is 366 g/mol. The maximum atomic E-state index is 4.66. The Kier molecular flexibility index (Phi) is 2.04. The number of aromatic nitrogens is 3. The van der Waals surface area contributed by atoms with E-state index >= 15 is 0 Å². The van der Waals surface area contributed by atoms with E-state index in [2.05, 4.69) is 60.1 Å². The first-order valence-corrected chi connectivity index (χ1v) is 7.46. The van der Waals surface area contributed by atoms with Crippen LogP contribution in [-0.4, -0.2) is 14.6 Å². The highest BCUT2D eigenvalue weighted by Crippen LogP contribution is 2.40. The molecule has 0 atom stereocenters. The zero-order valence-electron chi connectivity index (χ0n) is 8.44. The SMILES string of the molecule is Brc1nn2c3c(nc2s1)-c1cccc(Br)c1C3. The van der Waals surface area contributed by atoms with Crippen LogP contribution in [0.3, 0.4) is 0 Å². The molecule has 0 amide bonds. The number of hydrogen-bond donors (Lipinski definition) is 0. The number of rotatable bonds is 0. The Hall–Kier alpha value is -0.720. The maximum Gasteiger partial charge on any atom is 0.213 e. The van der Waals surface area contributed by atoms with Gasteiger partial charge in [-0.3, -0.25) is 0 Å². The van der Waals surface area contributed by atoms with Crippen LogP contribution in [-0.2, 0) is 6.42 Å². The van der Waals surface area contributed by atoms with Crippen molar-refractivity contribution in [1.29, 1.82) is 0 Å². The van der Waals surface area contributed by atoms with Crippen molar-refractivity contribution in [2.24, 2.45) is 0 Å². The molecule has 0 bridgehead atoms. The van der Waals surface area contributed by atoms with Gasteiger partial charge in [0.15, 0.2) is 3.92 Å². The number of imidazole rings is 1. The molecule has 2 aromatic heterocycles. The molecule has 0 saturated carbocycles. The Morgan fingerprint density at radius 2 is 2.18 bits per heavy atom. The van der Waals surface area contributed by atoms with Crippen molar-refractivity contribution in [2.75, 3.05) is 0 Å². The van der Waals surface area contributed by atoms with Gasteiger partial charge in [0.05, 0.1) is 11.4 Å². The van der Waals surface area contributed by atoms with Crippen molar-refractivity contribution in [2.45, 2.75) is 6.42 Å². The molecule has 4 rings (SSSR count). The van der Waals surface area contributed by atoms with Crippen molar-refractivity contribution >= 4 is 48.2 Å². The summed E-state index contributed by atoms with van der Waals surface area (Å²) in [6, 6.07) is 6.25. The first-order chi connectivity index (χ1) is 8.24. The number of fused-ring (bicyclic) bond motifs is 5. The molecule has 1 aromatic carbocycles.